The van der Waals surface area contributed by atoms with Gasteiger partial charge in [-0.3, -0.25) is 0 Å². The molecule has 0 aliphatic heterocycles. The van der Waals surface area contributed by atoms with E-state index < -0.39 is 0 Å². The highest BCUT2D eigenvalue weighted by atomic mass is 35.5. The van der Waals surface area contributed by atoms with Gasteiger partial charge in [-0.15, -0.1) is 0 Å². The number of nitrogens with one attached hydrogen (secondary N) is 1. The van der Waals surface area contributed by atoms with E-state index in [0.29, 0.717) is 5.92 Å². The van der Waals surface area contributed by atoms with Crippen LogP contribution in [0.3, 0.4) is 0 Å². The van der Waals surface area contributed by atoms with Crippen LogP contribution in [0.5, 0.6) is 0 Å². The standard InChI is InChI=1S/C15H24ClNO/c1-3-4-5-14(12-17-10-11-18-2)13-6-8-15(16)9-7-13/h6-9,14,17H,3-5,10-12H2,1-2H3. The summed E-state index contributed by atoms with van der Waals surface area (Å²) >= 11 is 5.93. The SMILES string of the molecule is CCCCC(CNCCOC)c1ccc(Cl)cc1. The largest absolute Gasteiger partial charge is 0.383 e. The first kappa shape index (κ1) is 15.5. The minimum atomic E-state index is 0.569. The molecule has 0 aliphatic carbocycles. The zero-order valence-corrected chi connectivity index (χ0v) is 12.2. The first-order chi connectivity index (χ1) is 8.77. The van der Waals surface area contributed by atoms with Crippen molar-refractivity contribution in [3.05, 3.63) is 34.9 Å². The minimum Gasteiger partial charge on any atom is -0.383 e. The van der Waals surface area contributed by atoms with Gasteiger partial charge >= 0.3 is 0 Å². The predicted octanol–water partition coefficient (Wildman–Crippen LogP) is 3.85. The average molecular weight is 270 g/mol. The van der Waals surface area contributed by atoms with Crippen molar-refractivity contribution >= 4 is 11.6 Å². The summed E-state index contributed by atoms with van der Waals surface area (Å²) < 4.78 is 5.05. The molecule has 102 valence electrons. The van der Waals surface area contributed by atoms with Gasteiger partial charge in [-0.25, -0.2) is 0 Å². The third-order valence-electron chi connectivity index (χ3n) is 3.12. The Morgan fingerprint density at radius 3 is 2.61 bits per heavy atom. The van der Waals surface area contributed by atoms with Crippen LogP contribution in [0, 0.1) is 0 Å². The molecule has 1 atom stereocenters. The number of hydrogen-bond acceptors (Lipinski definition) is 2. The molecule has 0 saturated carbocycles. The summed E-state index contributed by atoms with van der Waals surface area (Å²) in [5, 5.41) is 4.26. The van der Waals surface area contributed by atoms with Crippen LogP contribution in [-0.4, -0.2) is 26.8 Å². The van der Waals surface area contributed by atoms with Crippen LogP contribution in [0.25, 0.3) is 0 Å². The molecule has 0 aromatic heterocycles. The van der Waals surface area contributed by atoms with Crippen molar-refractivity contribution < 1.29 is 4.74 Å². The van der Waals surface area contributed by atoms with Crippen molar-refractivity contribution in [2.45, 2.75) is 32.1 Å². The van der Waals surface area contributed by atoms with Crippen LogP contribution in [0.1, 0.15) is 37.7 Å². The maximum Gasteiger partial charge on any atom is 0.0587 e. The van der Waals surface area contributed by atoms with Crippen molar-refractivity contribution in [1.29, 1.82) is 0 Å². The molecule has 1 N–H and O–H groups in total. The highest BCUT2D eigenvalue weighted by molar-refractivity contribution is 6.30. The van der Waals surface area contributed by atoms with Crippen molar-refractivity contribution in [1.82, 2.24) is 5.32 Å². The van der Waals surface area contributed by atoms with Gasteiger partial charge in [0.15, 0.2) is 0 Å². The molecule has 0 bridgehead atoms. The Morgan fingerprint density at radius 2 is 2.00 bits per heavy atom. The number of hydrogen-bond donors (Lipinski definition) is 1. The third kappa shape index (κ3) is 5.85. The van der Waals surface area contributed by atoms with Crippen molar-refractivity contribution in [3.8, 4) is 0 Å². The van der Waals surface area contributed by atoms with Gasteiger partial charge in [0.2, 0.25) is 0 Å². The molecule has 18 heavy (non-hydrogen) atoms. The fourth-order valence-corrected chi connectivity index (χ4v) is 2.15. The summed E-state index contributed by atoms with van der Waals surface area (Å²) in [6.07, 6.45) is 3.72. The number of ether oxygens (including phenoxy) is 1. The Hall–Kier alpha value is -0.570. The number of methoxy groups -OCH3 is 1. The van der Waals surface area contributed by atoms with Gasteiger partial charge in [0.25, 0.3) is 0 Å². The van der Waals surface area contributed by atoms with Crippen LogP contribution in [0.15, 0.2) is 24.3 Å². The molecule has 1 aromatic carbocycles. The molecule has 0 saturated heterocycles. The molecule has 0 amide bonds. The third-order valence-corrected chi connectivity index (χ3v) is 3.37. The lowest BCUT2D eigenvalue weighted by Crippen LogP contribution is -2.25. The van der Waals surface area contributed by atoms with E-state index in [2.05, 4.69) is 24.4 Å². The van der Waals surface area contributed by atoms with Crippen LogP contribution >= 0.6 is 11.6 Å². The lowest BCUT2D eigenvalue weighted by atomic mass is 9.93. The van der Waals surface area contributed by atoms with E-state index in [-0.39, 0.29) is 0 Å². The Kier molecular flexibility index (Phi) is 8.06. The number of rotatable bonds is 9. The fourth-order valence-electron chi connectivity index (χ4n) is 2.02. The lowest BCUT2D eigenvalue weighted by molar-refractivity contribution is 0.198. The summed E-state index contributed by atoms with van der Waals surface area (Å²) in [7, 11) is 1.73. The summed E-state index contributed by atoms with van der Waals surface area (Å²) in [5.41, 5.74) is 1.37. The molecule has 0 aliphatic rings. The second kappa shape index (κ2) is 9.37. The summed E-state index contributed by atoms with van der Waals surface area (Å²) in [5.74, 6) is 0.569. The van der Waals surface area contributed by atoms with Crippen LogP contribution in [0.2, 0.25) is 5.02 Å². The van der Waals surface area contributed by atoms with Crippen molar-refractivity contribution in [2.24, 2.45) is 0 Å². The van der Waals surface area contributed by atoms with E-state index in [0.717, 1.165) is 24.7 Å². The van der Waals surface area contributed by atoms with E-state index in [1.165, 1.54) is 24.8 Å². The topological polar surface area (TPSA) is 21.3 Å². The van der Waals surface area contributed by atoms with Gasteiger partial charge in [0.1, 0.15) is 0 Å². The lowest BCUT2D eigenvalue weighted by Gasteiger charge is -2.18. The highest BCUT2D eigenvalue weighted by Gasteiger charge is 2.10. The number of halogens is 1. The van der Waals surface area contributed by atoms with Crippen LogP contribution < -0.4 is 5.32 Å². The molecule has 0 spiro atoms. The van der Waals surface area contributed by atoms with Crippen molar-refractivity contribution in [2.75, 3.05) is 26.8 Å². The molecule has 0 radical (unpaired) electrons. The minimum absolute atomic E-state index is 0.569. The molecule has 3 heteroatoms. The van der Waals surface area contributed by atoms with Crippen LogP contribution in [-0.2, 0) is 4.74 Å². The predicted molar refractivity (Wildman–Crippen MR) is 78.5 cm³/mol. The van der Waals surface area contributed by atoms with Gasteiger partial charge in [-0.1, -0.05) is 43.5 Å². The molecule has 1 aromatic rings. The van der Waals surface area contributed by atoms with E-state index in [1.54, 1.807) is 7.11 Å². The Bertz CT molecular complexity index is 313. The van der Waals surface area contributed by atoms with Gasteiger partial charge in [0.05, 0.1) is 6.61 Å². The van der Waals surface area contributed by atoms with E-state index >= 15 is 0 Å². The maximum atomic E-state index is 5.93. The van der Waals surface area contributed by atoms with Gasteiger partial charge < -0.3 is 10.1 Å². The van der Waals surface area contributed by atoms with E-state index in [1.807, 2.05) is 12.1 Å². The molecule has 2 nitrogen and oxygen atoms in total. The zero-order chi connectivity index (χ0) is 13.2. The maximum absolute atomic E-state index is 5.93. The van der Waals surface area contributed by atoms with E-state index in [4.69, 9.17) is 16.3 Å². The summed E-state index contributed by atoms with van der Waals surface area (Å²) in [6.45, 7) is 4.91. The molecule has 1 unspecified atom stereocenters. The van der Waals surface area contributed by atoms with E-state index in [9.17, 15) is 0 Å². The molecule has 0 heterocycles. The Balaban J connectivity index is 2.51. The van der Waals surface area contributed by atoms with Gasteiger partial charge in [-0.05, 0) is 30.0 Å². The normalized spacial score (nSPS) is 12.6. The quantitative estimate of drug-likeness (QED) is 0.688. The fraction of sp³-hybridized carbons (Fsp3) is 0.600. The van der Waals surface area contributed by atoms with Crippen LogP contribution in [0.4, 0.5) is 0 Å². The number of benzene rings is 1. The zero-order valence-electron chi connectivity index (χ0n) is 11.4. The van der Waals surface area contributed by atoms with Gasteiger partial charge in [0, 0.05) is 25.2 Å². The Morgan fingerprint density at radius 1 is 1.28 bits per heavy atom. The molecule has 1 rings (SSSR count). The molecular weight excluding hydrogens is 246 g/mol. The smallest absolute Gasteiger partial charge is 0.0587 e. The summed E-state index contributed by atoms with van der Waals surface area (Å²) in [4.78, 5) is 0. The highest BCUT2D eigenvalue weighted by Crippen LogP contribution is 2.23. The molecule has 0 fully saturated rings. The second-order valence-corrected chi connectivity index (χ2v) is 5.02. The number of unbranched alkanes of at least 4 members (excludes halogenated alkanes) is 1. The Labute approximate surface area is 116 Å². The first-order valence-electron chi connectivity index (χ1n) is 6.73. The summed E-state index contributed by atoms with van der Waals surface area (Å²) in [6, 6.07) is 8.23. The first-order valence-corrected chi connectivity index (χ1v) is 7.10. The van der Waals surface area contributed by atoms with Gasteiger partial charge in [-0.2, -0.15) is 0 Å². The average Bonchev–Trinajstić information content (AvgIpc) is 2.39. The van der Waals surface area contributed by atoms with Crippen molar-refractivity contribution in [3.63, 3.8) is 0 Å². The second-order valence-electron chi connectivity index (χ2n) is 4.59. The molecular formula is C15H24ClNO. The monoisotopic (exact) mass is 269 g/mol.